The topological polar surface area (TPSA) is 38.9 Å². The fourth-order valence-electron chi connectivity index (χ4n) is 2.47. The first-order valence-corrected chi connectivity index (χ1v) is 6.72. The van der Waals surface area contributed by atoms with Crippen LogP contribution in [0.1, 0.15) is 39.6 Å². The molecule has 1 aromatic heterocycles. The highest BCUT2D eigenvalue weighted by Gasteiger charge is 2.12. The van der Waals surface area contributed by atoms with Gasteiger partial charge in [0.05, 0.1) is 11.7 Å². The predicted octanol–water partition coefficient (Wildman–Crippen LogP) is 3.56. The van der Waals surface area contributed by atoms with Gasteiger partial charge in [-0.25, -0.2) is 0 Å². The van der Waals surface area contributed by atoms with Crippen molar-refractivity contribution >= 4 is 0 Å². The molecule has 0 aliphatic rings. The first-order chi connectivity index (χ1) is 8.97. The molecule has 0 radical (unpaired) electrons. The van der Waals surface area contributed by atoms with Gasteiger partial charge in [-0.1, -0.05) is 29.8 Å². The van der Waals surface area contributed by atoms with Crippen molar-refractivity contribution in [2.75, 3.05) is 0 Å². The van der Waals surface area contributed by atoms with Crippen LogP contribution in [0.3, 0.4) is 0 Å². The molecule has 0 saturated carbocycles. The van der Waals surface area contributed by atoms with E-state index in [1.165, 1.54) is 27.8 Å². The number of pyridine rings is 1. The third kappa shape index (κ3) is 3.21. The quantitative estimate of drug-likeness (QED) is 0.909. The van der Waals surface area contributed by atoms with Crippen molar-refractivity contribution in [2.45, 2.75) is 40.2 Å². The Kier molecular flexibility index (Phi) is 4.01. The third-order valence-electron chi connectivity index (χ3n) is 3.55. The van der Waals surface area contributed by atoms with E-state index in [-0.39, 0.29) is 6.04 Å². The summed E-state index contributed by atoms with van der Waals surface area (Å²) < 4.78 is 0. The molecule has 2 N–H and O–H groups in total. The monoisotopic (exact) mass is 254 g/mol. The third-order valence-corrected chi connectivity index (χ3v) is 3.55. The Bertz CT molecular complexity index is 588. The minimum Gasteiger partial charge on any atom is -0.322 e. The lowest BCUT2D eigenvalue weighted by Crippen LogP contribution is -2.17. The maximum Gasteiger partial charge on any atom is 0.0603 e. The van der Waals surface area contributed by atoms with Gasteiger partial charge >= 0.3 is 0 Å². The molecule has 19 heavy (non-hydrogen) atoms. The lowest BCUT2D eigenvalue weighted by atomic mass is 9.96. The Morgan fingerprint density at radius 1 is 1.00 bits per heavy atom. The van der Waals surface area contributed by atoms with Crippen LogP contribution in [0, 0.1) is 27.7 Å². The lowest BCUT2D eigenvalue weighted by Gasteiger charge is -2.16. The smallest absolute Gasteiger partial charge is 0.0603 e. The second-order valence-electron chi connectivity index (χ2n) is 5.46. The first-order valence-electron chi connectivity index (χ1n) is 6.72. The molecule has 0 fully saturated rings. The summed E-state index contributed by atoms with van der Waals surface area (Å²) >= 11 is 0. The average Bonchev–Trinajstić information content (AvgIpc) is 2.33. The highest BCUT2D eigenvalue weighted by atomic mass is 14.8. The van der Waals surface area contributed by atoms with Crippen molar-refractivity contribution in [2.24, 2.45) is 5.73 Å². The van der Waals surface area contributed by atoms with E-state index >= 15 is 0 Å². The molecule has 1 heterocycles. The van der Waals surface area contributed by atoms with Crippen LogP contribution in [0.25, 0.3) is 0 Å². The molecular formula is C17H22N2. The van der Waals surface area contributed by atoms with Gasteiger partial charge in [-0.15, -0.1) is 0 Å². The summed E-state index contributed by atoms with van der Waals surface area (Å²) in [4.78, 5) is 4.50. The molecule has 0 aliphatic carbocycles. The molecule has 1 aromatic carbocycles. The van der Waals surface area contributed by atoms with E-state index < -0.39 is 0 Å². The molecule has 100 valence electrons. The van der Waals surface area contributed by atoms with E-state index in [9.17, 15) is 0 Å². The molecule has 0 amide bonds. The maximum absolute atomic E-state index is 6.33. The van der Waals surface area contributed by atoms with Gasteiger partial charge in [0, 0.05) is 6.20 Å². The zero-order chi connectivity index (χ0) is 14.0. The second kappa shape index (κ2) is 5.54. The summed E-state index contributed by atoms with van der Waals surface area (Å²) in [7, 11) is 0. The highest BCUT2D eigenvalue weighted by Crippen LogP contribution is 2.21. The van der Waals surface area contributed by atoms with Crippen molar-refractivity contribution in [3.05, 3.63) is 64.0 Å². The minimum absolute atomic E-state index is 0.0406. The van der Waals surface area contributed by atoms with Crippen molar-refractivity contribution in [1.82, 2.24) is 4.98 Å². The van der Waals surface area contributed by atoms with E-state index in [0.717, 1.165) is 12.1 Å². The van der Waals surface area contributed by atoms with Crippen LogP contribution < -0.4 is 5.73 Å². The van der Waals surface area contributed by atoms with E-state index in [2.05, 4.69) is 56.9 Å². The molecule has 2 aromatic rings. The number of hydrogen-bond donors (Lipinski definition) is 1. The van der Waals surface area contributed by atoms with Gasteiger partial charge in [0.25, 0.3) is 0 Å². The molecule has 2 nitrogen and oxygen atoms in total. The van der Waals surface area contributed by atoms with Crippen molar-refractivity contribution in [3.8, 4) is 0 Å². The maximum atomic E-state index is 6.33. The predicted molar refractivity (Wildman–Crippen MR) is 80.3 cm³/mol. The normalized spacial score (nSPS) is 12.5. The molecule has 0 aliphatic heterocycles. The number of rotatable bonds is 3. The van der Waals surface area contributed by atoms with Crippen LogP contribution >= 0.6 is 0 Å². The van der Waals surface area contributed by atoms with Crippen LogP contribution in [-0.2, 0) is 6.42 Å². The number of benzene rings is 1. The van der Waals surface area contributed by atoms with Crippen molar-refractivity contribution in [3.63, 3.8) is 0 Å². The SMILES string of the molecule is Cc1cnc(C(N)Cc2cc(C)ccc2C)c(C)c1. The van der Waals surface area contributed by atoms with Gasteiger partial charge in [0.1, 0.15) is 0 Å². The number of aryl methyl sites for hydroxylation is 4. The van der Waals surface area contributed by atoms with Crippen LogP contribution in [0.4, 0.5) is 0 Å². The average molecular weight is 254 g/mol. The molecular weight excluding hydrogens is 232 g/mol. The summed E-state index contributed by atoms with van der Waals surface area (Å²) in [6.07, 6.45) is 2.73. The Morgan fingerprint density at radius 3 is 2.42 bits per heavy atom. The number of nitrogens with two attached hydrogens (primary N) is 1. The Balaban J connectivity index is 2.25. The fourth-order valence-corrected chi connectivity index (χ4v) is 2.47. The highest BCUT2D eigenvalue weighted by molar-refractivity contribution is 5.33. The van der Waals surface area contributed by atoms with E-state index in [0.29, 0.717) is 0 Å². The van der Waals surface area contributed by atoms with Gasteiger partial charge in [-0.2, -0.15) is 0 Å². The molecule has 2 heteroatoms. The molecule has 2 rings (SSSR count). The van der Waals surface area contributed by atoms with Crippen LogP contribution in [0.5, 0.6) is 0 Å². The molecule has 0 bridgehead atoms. The van der Waals surface area contributed by atoms with Gasteiger partial charge in [-0.05, 0) is 56.4 Å². The zero-order valence-corrected chi connectivity index (χ0v) is 12.2. The van der Waals surface area contributed by atoms with Crippen LogP contribution in [0.2, 0.25) is 0 Å². The fraction of sp³-hybridized carbons (Fsp3) is 0.353. The molecule has 0 spiro atoms. The Labute approximate surface area is 115 Å². The van der Waals surface area contributed by atoms with Crippen LogP contribution in [-0.4, -0.2) is 4.98 Å². The summed E-state index contributed by atoms with van der Waals surface area (Å²) in [5.41, 5.74) is 13.6. The van der Waals surface area contributed by atoms with E-state index in [4.69, 9.17) is 5.73 Å². The lowest BCUT2D eigenvalue weighted by molar-refractivity contribution is 0.686. The van der Waals surface area contributed by atoms with Crippen molar-refractivity contribution in [1.29, 1.82) is 0 Å². The summed E-state index contributed by atoms with van der Waals surface area (Å²) in [5, 5.41) is 0. The largest absolute Gasteiger partial charge is 0.322 e. The van der Waals surface area contributed by atoms with E-state index in [1.54, 1.807) is 0 Å². The van der Waals surface area contributed by atoms with Gasteiger partial charge < -0.3 is 5.73 Å². The van der Waals surface area contributed by atoms with Gasteiger partial charge in [0.15, 0.2) is 0 Å². The number of hydrogen-bond acceptors (Lipinski definition) is 2. The Hall–Kier alpha value is -1.67. The minimum atomic E-state index is -0.0406. The standard InChI is InChI=1S/C17H22N2/c1-11-5-6-13(3)15(8-11)9-16(18)17-14(4)7-12(2)10-19-17/h5-8,10,16H,9,18H2,1-4H3. The van der Waals surface area contributed by atoms with Gasteiger partial charge in [-0.3, -0.25) is 4.98 Å². The summed E-state index contributed by atoms with van der Waals surface area (Å²) in [6.45, 7) is 8.39. The molecule has 1 unspecified atom stereocenters. The second-order valence-corrected chi connectivity index (χ2v) is 5.46. The van der Waals surface area contributed by atoms with Crippen LogP contribution in [0.15, 0.2) is 30.5 Å². The number of nitrogens with zero attached hydrogens (tertiary/aromatic N) is 1. The first kappa shape index (κ1) is 13.8. The zero-order valence-electron chi connectivity index (χ0n) is 12.2. The van der Waals surface area contributed by atoms with Crippen molar-refractivity contribution < 1.29 is 0 Å². The molecule has 0 saturated heterocycles. The number of aromatic nitrogens is 1. The van der Waals surface area contributed by atoms with E-state index in [1.807, 2.05) is 6.20 Å². The summed E-state index contributed by atoms with van der Waals surface area (Å²) in [6, 6.07) is 8.62. The molecule has 1 atom stereocenters. The Morgan fingerprint density at radius 2 is 1.74 bits per heavy atom. The van der Waals surface area contributed by atoms with Gasteiger partial charge in [0.2, 0.25) is 0 Å². The summed E-state index contributed by atoms with van der Waals surface area (Å²) in [5.74, 6) is 0.